The Hall–Kier alpha value is -3.61. The molecule has 0 unspecified atom stereocenters. The maximum atomic E-state index is 13.0. The van der Waals surface area contributed by atoms with Crippen molar-refractivity contribution in [3.8, 4) is 11.4 Å². The summed E-state index contributed by atoms with van der Waals surface area (Å²) in [4.78, 5) is 30.5. The van der Waals surface area contributed by atoms with E-state index in [0.29, 0.717) is 24.3 Å². The zero-order valence-electron chi connectivity index (χ0n) is 16.4. The minimum absolute atomic E-state index is 0.283. The molecule has 0 saturated carbocycles. The van der Waals surface area contributed by atoms with Crippen LogP contribution in [0.5, 0.6) is 5.75 Å². The number of fused-ring (bicyclic) bond motifs is 1. The Morgan fingerprint density at radius 3 is 2.45 bits per heavy atom. The molecule has 0 saturated heterocycles. The van der Waals surface area contributed by atoms with Gasteiger partial charge in [-0.05, 0) is 37.6 Å². The van der Waals surface area contributed by atoms with Gasteiger partial charge in [0.05, 0.1) is 18.6 Å². The van der Waals surface area contributed by atoms with Crippen LogP contribution < -0.4 is 16.0 Å². The number of hydrogen-bond acceptors (Lipinski definition) is 4. The van der Waals surface area contributed by atoms with Crippen LogP contribution in [0.2, 0.25) is 0 Å². The van der Waals surface area contributed by atoms with Gasteiger partial charge in [0.1, 0.15) is 12.4 Å². The molecule has 7 nitrogen and oxygen atoms in total. The summed E-state index contributed by atoms with van der Waals surface area (Å²) in [7, 11) is 0. The smallest absolute Gasteiger partial charge is 0.337 e. The van der Waals surface area contributed by atoms with Crippen molar-refractivity contribution >= 4 is 11.2 Å². The number of imidazole rings is 1. The molecule has 0 atom stereocenters. The van der Waals surface area contributed by atoms with Gasteiger partial charge in [0.25, 0.3) is 5.56 Å². The third-order valence-electron chi connectivity index (χ3n) is 4.92. The van der Waals surface area contributed by atoms with E-state index in [2.05, 4.69) is 4.98 Å². The highest BCUT2D eigenvalue weighted by molar-refractivity contribution is 5.72. The maximum Gasteiger partial charge on any atom is 0.337 e. The van der Waals surface area contributed by atoms with E-state index in [0.717, 1.165) is 17.0 Å². The van der Waals surface area contributed by atoms with Gasteiger partial charge in [-0.2, -0.15) is 0 Å². The molecule has 148 valence electrons. The van der Waals surface area contributed by atoms with Crippen molar-refractivity contribution in [3.05, 3.63) is 87.3 Å². The Kier molecular flexibility index (Phi) is 5.03. The lowest BCUT2D eigenvalue weighted by Gasteiger charge is -2.13. The van der Waals surface area contributed by atoms with E-state index in [4.69, 9.17) is 4.74 Å². The standard InChI is InChI=1S/C22H22N4O3/c1-3-25-21(27)19-20(26(22(25)28)18-12-8-7-9-16(18)2)23-15-24(19)13-14-29-17-10-5-4-6-11-17/h4-12,15H,3,13-14H2,1-2H3. The number of hydrogen-bond donors (Lipinski definition) is 0. The zero-order chi connectivity index (χ0) is 20.4. The molecule has 0 aliphatic carbocycles. The first-order valence-corrected chi connectivity index (χ1v) is 9.56. The number of ether oxygens (including phenoxy) is 1. The van der Waals surface area contributed by atoms with Crippen LogP contribution in [0, 0.1) is 6.92 Å². The lowest BCUT2D eigenvalue weighted by molar-refractivity contribution is 0.300. The van der Waals surface area contributed by atoms with E-state index in [1.165, 1.54) is 9.13 Å². The Labute approximate surface area is 167 Å². The van der Waals surface area contributed by atoms with Crippen molar-refractivity contribution in [1.29, 1.82) is 0 Å². The summed E-state index contributed by atoms with van der Waals surface area (Å²) in [5.41, 5.74) is 1.68. The summed E-state index contributed by atoms with van der Waals surface area (Å²) in [5.74, 6) is 0.764. The van der Waals surface area contributed by atoms with Crippen LogP contribution >= 0.6 is 0 Å². The van der Waals surface area contributed by atoms with E-state index in [9.17, 15) is 9.59 Å². The van der Waals surface area contributed by atoms with Crippen molar-refractivity contribution in [2.75, 3.05) is 6.61 Å². The second-order valence-corrected chi connectivity index (χ2v) is 6.73. The van der Waals surface area contributed by atoms with Gasteiger partial charge in [0, 0.05) is 6.54 Å². The molecular formula is C22H22N4O3. The largest absolute Gasteiger partial charge is 0.492 e. The molecule has 0 aliphatic rings. The number of aryl methyl sites for hydroxylation is 1. The average Bonchev–Trinajstić information content (AvgIpc) is 3.14. The van der Waals surface area contributed by atoms with Gasteiger partial charge in [-0.3, -0.25) is 9.36 Å². The highest BCUT2D eigenvalue weighted by Gasteiger charge is 2.19. The maximum absolute atomic E-state index is 13.0. The van der Waals surface area contributed by atoms with Crippen molar-refractivity contribution in [2.45, 2.75) is 26.9 Å². The first-order valence-electron chi connectivity index (χ1n) is 9.56. The molecule has 0 aliphatic heterocycles. The summed E-state index contributed by atoms with van der Waals surface area (Å²) in [5, 5.41) is 0. The Morgan fingerprint density at radius 2 is 1.72 bits per heavy atom. The lowest BCUT2D eigenvalue weighted by atomic mass is 10.2. The normalized spacial score (nSPS) is 11.1. The van der Waals surface area contributed by atoms with Crippen LogP contribution in [0.3, 0.4) is 0 Å². The van der Waals surface area contributed by atoms with Crippen LogP contribution in [0.1, 0.15) is 12.5 Å². The molecule has 7 heteroatoms. The van der Waals surface area contributed by atoms with Gasteiger partial charge >= 0.3 is 5.69 Å². The number of para-hydroxylation sites is 2. The van der Waals surface area contributed by atoms with E-state index in [1.807, 2.05) is 61.5 Å². The Balaban J connectivity index is 1.81. The molecule has 4 aromatic rings. The molecule has 0 amide bonds. The average molecular weight is 390 g/mol. The predicted molar refractivity (Wildman–Crippen MR) is 112 cm³/mol. The molecule has 2 aromatic heterocycles. The summed E-state index contributed by atoms with van der Waals surface area (Å²) < 4.78 is 10.3. The van der Waals surface area contributed by atoms with E-state index in [1.54, 1.807) is 17.8 Å². The van der Waals surface area contributed by atoms with Crippen molar-refractivity contribution in [1.82, 2.24) is 18.7 Å². The van der Waals surface area contributed by atoms with E-state index >= 15 is 0 Å². The molecule has 2 heterocycles. The molecule has 0 N–H and O–H groups in total. The lowest BCUT2D eigenvalue weighted by Crippen LogP contribution is -2.39. The SMILES string of the molecule is CCn1c(=O)c2c(ncn2CCOc2ccccc2)n(-c2ccccc2C)c1=O. The van der Waals surface area contributed by atoms with Gasteiger partial charge in [-0.1, -0.05) is 36.4 Å². The monoisotopic (exact) mass is 390 g/mol. The molecule has 4 rings (SSSR count). The van der Waals surface area contributed by atoms with Crippen LogP contribution in [0.25, 0.3) is 16.9 Å². The van der Waals surface area contributed by atoms with E-state index < -0.39 is 0 Å². The summed E-state index contributed by atoms with van der Waals surface area (Å²) >= 11 is 0. The molecule has 2 aromatic carbocycles. The van der Waals surface area contributed by atoms with Crippen molar-refractivity contribution < 1.29 is 4.74 Å². The van der Waals surface area contributed by atoms with E-state index in [-0.39, 0.29) is 17.8 Å². The first kappa shape index (κ1) is 18.7. The quantitative estimate of drug-likeness (QED) is 0.508. The highest BCUT2D eigenvalue weighted by Crippen LogP contribution is 2.16. The van der Waals surface area contributed by atoms with Crippen molar-refractivity contribution in [3.63, 3.8) is 0 Å². The van der Waals surface area contributed by atoms with Crippen LogP contribution in [0.15, 0.2) is 70.5 Å². The van der Waals surface area contributed by atoms with Gasteiger partial charge < -0.3 is 9.30 Å². The number of rotatable bonds is 6. The number of nitrogens with zero attached hydrogens (tertiary/aromatic N) is 4. The fourth-order valence-corrected chi connectivity index (χ4v) is 3.44. The molecule has 0 spiro atoms. The first-order chi connectivity index (χ1) is 14.1. The van der Waals surface area contributed by atoms with Gasteiger partial charge in [-0.25, -0.2) is 14.3 Å². The van der Waals surface area contributed by atoms with Crippen molar-refractivity contribution in [2.24, 2.45) is 0 Å². The zero-order valence-corrected chi connectivity index (χ0v) is 16.4. The Bertz CT molecular complexity index is 1270. The minimum Gasteiger partial charge on any atom is -0.492 e. The third-order valence-corrected chi connectivity index (χ3v) is 4.92. The fraction of sp³-hybridized carbons (Fsp3) is 0.227. The molecular weight excluding hydrogens is 368 g/mol. The molecule has 0 bridgehead atoms. The van der Waals surface area contributed by atoms with Gasteiger partial charge in [0.2, 0.25) is 0 Å². The Morgan fingerprint density at radius 1 is 1.00 bits per heavy atom. The number of benzene rings is 2. The third kappa shape index (κ3) is 3.35. The van der Waals surface area contributed by atoms with Crippen LogP contribution in [-0.2, 0) is 13.1 Å². The van der Waals surface area contributed by atoms with Crippen LogP contribution in [0.4, 0.5) is 0 Å². The summed E-state index contributed by atoms with van der Waals surface area (Å²) in [6.07, 6.45) is 1.59. The minimum atomic E-state index is -0.384. The second-order valence-electron chi connectivity index (χ2n) is 6.73. The van der Waals surface area contributed by atoms with Gasteiger partial charge in [0.15, 0.2) is 11.2 Å². The number of aromatic nitrogens is 4. The second kappa shape index (κ2) is 7.79. The van der Waals surface area contributed by atoms with Crippen LogP contribution in [-0.4, -0.2) is 25.3 Å². The summed E-state index contributed by atoms with van der Waals surface area (Å²) in [6.45, 7) is 4.82. The highest BCUT2D eigenvalue weighted by atomic mass is 16.5. The molecule has 0 radical (unpaired) electrons. The predicted octanol–water partition coefficient (Wildman–Crippen LogP) is 2.76. The topological polar surface area (TPSA) is 71.0 Å². The molecule has 0 fully saturated rings. The summed E-state index contributed by atoms with van der Waals surface area (Å²) in [6, 6.07) is 17.1. The van der Waals surface area contributed by atoms with Gasteiger partial charge in [-0.15, -0.1) is 0 Å². The molecule has 29 heavy (non-hydrogen) atoms. The fourth-order valence-electron chi connectivity index (χ4n) is 3.44.